The second-order valence-corrected chi connectivity index (χ2v) is 32.9. The Morgan fingerprint density at radius 3 is 0.904 bits per heavy atom. The van der Waals surface area contributed by atoms with Crippen molar-refractivity contribution in [1.82, 2.24) is 0 Å². The molecule has 0 atom stereocenters. The maximum Gasteiger partial charge on any atom is 0.0271 e. The van der Waals surface area contributed by atoms with Gasteiger partial charge >= 0.3 is 0 Å². The molecule has 0 amide bonds. The molecule has 0 radical (unpaired) electrons. The number of hydrogen-bond acceptors (Lipinski definition) is 0. The monoisotopic (exact) mass is 1330 g/mol. The average Bonchev–Trinajstić information content (AvgIpc) is 1.52. The molecule has 104 heavy (non-hydrogen) atoms. The van der Waals surface area contributed by atoms with Gasteiger partial charge in [-0.05, 0) is 306 Å². The zero-order chi connectivity index (χ0) is 67.9. The summed E-state index contributed by atoms with van der Waals surface area (Å²) in [6.45, 7) is 0. The molecule has 496 valence electrons. The lowest BCUT2D eigenvalue weighted by Crippen LogP contribution is -2.55. The van der Waals surface area contributed by atoms with Crippen molar-refractivity contribution in [3.8, 4) is 89.0 Å². The van der Waals surface area contributed by atoms with E-state index in [1.807, 2.05) is 0 Å². The molecule has 0 heterocycles. The van der Waals surface area contributed by atoms with Crippen LogP contribution >= 0.6 is 0 Å². The zero-order valence-corrected chi connectivity index (χ0v) is 58.7. The van der Waals surface area contributed by atoms with Gasteiger partial charge in [0.25, 0.3) is 0 Å². The smallest absolute Gasteiger partial charge is 0.0271 e. The summed E-state index contributed by atoms with van der Waals surface area (Å²) in [4.78, 5) is 0. The second kappa shape index (κ2) is 22.8. The normalized spacial score (nSPS) is 23.8. The van der Waals surface area contributed by atoms with Crippen molar-refractivity contribution in [1.29, 1.82) is 0 Å². The summed E-state index contributed by atoms with van der Waals surface area (Å²) >= 11 is 0. The van der Waals surface area contributed by atoms with E-state index in [9.17, 15) is 0 Å². The van der Waals surface area contributed by atoms with Gasteiger partial charge in [0.2, 0.25) is 0 Å². The summed E-state index contributed by atoms with van der Waals surface area (Å²) in [6, 6.07) is 120. The van der Waals surface area contributed by atoms with E-state index in [0.717, 1.165) is 47.3 Å². The van der Waals surface area contributed by atoms with Crippen molar-refractivity contribution in [3.05, 3.63) is 338 Å². The Bertz CT molecular complexity index is 6070. The van der Waals surface area contributed by atoms with Crippen LogP contribution < -0.4 is 0 Å². The number of benzene rings is 16. The fourth-order valence-corrected chi connectivity index (χ4v) is 24.6. The van der Waals surface area contributed by atoms with E-state index in [1.54, 1.807) is 22.3 Å². The molecule has 10 aliphatic carbocycles. The zero-order valence-electron chi connectivity index (χ0n) is 58.7. The van der Waals surface area contributed by atoms with Crippen molar-refractivity contribution in [2.75, 3.05) is 0 Å². The highest BCUT2D eigenvalue weighted by Crippen LogP contribution is 2.72. The molecule has 8 bridgehead atoms. The topological polar surface area (TPSA) is 0 Å². The van der Waals surface area contributed by atoms with Gasteiger partial charge in [-0.3, -0.25) is 0 Å². The van der Waals surface area contributed by atoms with Crippen LogP contribution in [0, 0.1) is 47.3 Å². The van der Waals surface area contributed by atoms with Crippen LogP contribution in [-0.2, 0) is 10.8 Å². The highest BCUT2D eigenvalue weighted by atomic mass is 14.7. The number of rotatable bonds is 6. The van der Waals surface area contributed by atoms with Gasteiger partial charge in [0.05, 0.1) is 0 Å². The fraction of sp³-hybridized carbons (Fsp3) is 0.192. The molecule has 0 heteroatoms. The van der Waals surface area contributed by atoms with Crippen LogP contribution in [0.15, 0.2) is 315 Å². The Hall–Kier alpha value is -10.9. The first-order valence-electron chi connectivity index (χ1n) is 39.0. The molecule has 8 fully saturated rings. The average molecular weight is 1330 g/mol. The van der Waals surface area contributed by atoms with Crippen molar-refractivity contribution >= 4 is 64.6 Å². The predicted molar refractivity (Wildman–Crippen MR) is 437 cm³/mol. The van der Waals surface area contributed by atoms with Gasteiger partial charge in [-0.1, -0.05) is 297 Å². The van der Waals surface area contributed by atoms with Crippen molar-refractivity contribution in [2.24, 2.45) is 47.3 Å². The summed E-state index contributed by atoms with van der Waals surface area (Å²) in [5.74, 6) is 6.94. The van der Waals surface area contributed by atoms with E-state index in [-0.39, 0.29) is 10.8 Å². The molecule has 10 aliphatic rings. The first kappa shape index (κ1) is 59.6. The molecule has 0 unspecified atom stereocenters. The van der Waals surface area contributed by atoms with E-state index in [1.165, 1.54) is 218 Å². The molecule has 0 aliphatic heterocycles. The van der Waals surface area contributed by atoms with Crippen LogP contribution in [0.1, 0.15) is 86.5 Å². The van der Waals surface area contributed by atoms with Crippen molar-refractivity contribution in [2.45, 2.75) is 75.0 Å². The first-order chi connectivity index (χ1) is 51.5. The Morgan fingerprint density at radius 2 is 0.471 bits per heavy atom. The Morgan fingerprint density at radius 1 is 0.173 bits per heavy atom. The van der Waals surface area contributed by atoms with E-state index < -0.39 is 0 Å². The molecule has 0 N–H and O–H groups in total. The fourth-order valence-electron chi connectivity index (χ4n) is 24.6. The maximum atomic E-state index is 2.58. The third-order valence-electron chi connectivity index (χ3n) is 28.1. The molecule has 2 spiro atoms. The predicted octanol–water partition coefficient (Wildman–Crippen LogP) is 27.7. The Labute approximate surface area is 609 Å². The SMILES string of the molecule is c1ccc2c(c1)-c1cc(-c3c4ccccc4c(-c4ccc(-c5ccc6ccccc6c5)cc4)c4ccccc34)ccc1C21C2CC3CC(C2)CC1C3.c1ccc2c(c1)-c1cc(-c3c4ccccc4c(-c4ccc(-c5cccc6ccccc56)cc4)c4ccccc34)ccc1C21C2CC3CC(C2)CC1C3. The Balaban J connectivity index is 0.000000127. The van der Waals surface area contributed by atoms with Gasteiger partial charge < -0.3 is 0 Å². The third kappa shape index (κ3) is 8.55. The van der Waals surface area contributed by atoms with Crippen LogP contribution in [0.25, 0.3) is 154 Å². The summed E-state index contributed by atoms with van der Waals surface area (Å²) in [5.41, 5.74) is 28.4. The largest absolute Gasteiger partial charge is 0.0619 e. The number of fused-ring (bicyclic) bond motifs is 12. The minimum Gasteiger partial charge on any atom is -0.0619 e. The third-order valence-corrected chi connectivity index (χ3v) is 28.1. The molecule has 16 aromatic carbocycles. The van der Waals surface area contributed by atoms with Gasteiger partial charge in [-0.2, -0.15) is 0 Å². The maximum absolute atomic E-state index is 2.58. The minimum absolute atomic E-state index is 0.198. The van der Waals surface area contributed by atoms with Crippen LogP contribution in [0.4, 0.5) is 0 Å². The summed E-state index contributed by atoms with van der Waals surface area (Å²) in [5, 5.41) is 15.7. The number of hydrogen-bond donors (Lipinski definition) is 0. The standard InChI is InChI=1S/2C52H40/c1-2-12-40-34(10-1)11-9-18-41(40)35-20-22-36(23-21-35)50-43-14-3-5-16-45(43)51(46-17-6-4-15-44(46)50)37-24-25-49-47(31-37)42-13-7-8-19-48(42)52(49)38-27-32-26-33(29-38)30-39(52)28-32;1-2-10-37-30-38(22-19-34(37)9-1)35-17-20-36(21-18-35)50-43-12-3-5-14-45(43)51(46-15-6-4-13-44(46)50)39-23-24-49-47(31-39)42-11-7-8-16-48(42)52(49)40-26-32-25-33(28-40)29-41(52)27-32/h1-25,31-33,38-39H,26-30H2;1-24,30-33,40-41H,25-29H2. The van der Waals surface area contributed by atoms with Gasteiger partial charge in [0, 0.05) is 10.8 Å². The summed E-state index contributed by atoms with van der Waals surface area (Å²) in [7, 11) is 0. The molecule has 16 aromatic rings. The van der Waals surface area contributed by atoms with Gasteiger partial charge in [-0.25, -0.2) is 0 Å². The van der Waals surface area contributed by atoms with E-state index >= 15 is 0 Å². The van der Waals surface area contributed by atoms with Crippen LogP contribution in [-0.4, -0.2) is 0 Å². The lowest BCUT2D eigenvalue weighted by atomic mass is 9.43. The molecule has 0 saturated heterocycles. The van der Waals surface area contributed by atoms with E-state index in [4.69, 9.17) is 0 Å². The lowest BCUT2D eigenvalue weighted by Gasteiger charge is -2.61. The lowest BCUT2D eigenvalue weighted by molar-refractivity contribution is -0.0399. The Kier molecular flexibility index (Phi) is 13.1. The van der Waals surface area contributed by atoms with Gasteiger partial charge in [0.1, 0.15) is 0 Å². The molecule has 0 nitrogen and oxygen atoms in total. The first-order valence-corrected chi connectivity index (χ1v) is 39.0. The highest BCUT2D eigenvalue weighted by Gasteiger charge is 2.63. The van der Waals surface area contributed by atoms with E-state index in [2.05, 4.69) is 315 Å². The van der Waals surface area contributed by atoms with Crippen LogP contribution in [0.3, 0.4) is 0 Å². The molecular weight excluding hydrogens is 1250 g/mol. The molecule has 8 saturated carbocycles. The highest BCUT2D eigenvalue weighted by molar-refractivity contribution is 6.23. The minimum atomic E-state index is 0.198. The summed E-state index contributed by atoms with van der Waals surface area (Å²) in [6.07, 6.45) is 14.3. The second-order valence-electron chi connectivity index (χ2n) is 32.9. The molecular formula is C104H80. The van der Waals surface area contributed by atoms with Crippen LogP contribution in [0.5, 0.6) is 0 Å². The molecule has 26 rings (SSSR count). The van der Waals surface area contributed by atoms with E-state index in [0.29, 0.717) is 0 Å². The quantitative estimate of drug-likeness (QED) is 0.146. The van der Waals surface area contributed by atoms with Gasteiger partial charge in [-0.15, -0.1) is 0 Å². The van der Waals surface area contributed by atoms with Crippen molar-refractivity contribution < 1.29 is 0 Å². The summed E-state index contributed by atoms with van der Waals surface area (Å²) < 4.78 is 0. The molecule has 0 aromatic heterocycles. The van der Waals surface area contributed by atoms with Crippen LogP contribution in [0.2, 0.25) is 0 Å². The van der Waals surface area contributed by atoms with Gasteiger partial charge in [0.15, 0.2) is 0 Å². The van der Waals surface area contributed by atoms with Crippen molar-refractivity contribution in [3.63, 3.8) is 0 Å².